The lowest BCUT2D eigenvalue weighted by atomic mass is 10.2. The van der Waals surface area contributed by atoms with Crippen LogP contribution < -0.4 is 10.5 Å². The molecule has 2 N–H and O–H groups in total. The Morgan fingerprint density at radius 2 is 2.07 bits per heavy atom. The van der Waals surface area contributed by atoms with Crippen molar-refractivity contribution < 1.29 is 17.9 Å². The number of nitrogens with two attached hydrogens (primary N) is 1. The SMILES string of the molecule is NCc1c(F)cccc1OCC(F)F. The zero-order chi connectivity index (χ0) is 10.6. The third kappa shape index (κ3) is 2.63. The quantitative estimate of drug-likeness (QED) is 0.815. The second-order valence-corrected chi connectivity index (χ2v) is 2.62. The molecule has 0 amide bonds. The van der Waals surface area contributed by atoms with Gasteiger partial charge in [-0.25, -0.2) is 13.2 Å². The minimum Gasteiger partial charge on any atom is -0.487 e. The fourth-order valence-electron chi connectivity index (χ4n) is 1.02. The van der Waals surface area contributed by atoms with Gasteiger partial charge in [-0.05, 0) is 12.1 Å². The molecule has 0 radical (unpaired) electrons. The predicted molar refractivity (Wildman–Crippen MR) is 45.8 cm³/mol. The highest BCUT2D eigenvalue weighted by molar-refractivity contribution is 5.34. The Bertz CT molecular complexity index is 304. The van der Waals surface area contributed by atoms with Gasteiger partial charge in [0.25, 0.3) is 6.43 Å². The summed E-state index contributed by atoms with van der Waals surface area (Å²) in [5.74, 6) is -0.466. The first-order valence-corrected chi connectivity index (χ1v) is 4.03. The van der Waals surface area contributed by atoms with Crippen molar-refractivity contribution in [2.75, 3.05) is 6.61 Å². The van der Waals surface area contributed by atoms with Gasteiger partial charge < -0.3 is 10.5 Å². The molecule has 0 heterocycles. The van der Waals surface area contributed by atoms with Gasteiger partial charge in [0, 0.05) is 12.1 Å². The smallest absolute Gasteiger partial charge is 0.272 e. The van der Waals surface area contributed by atoms with Gasteiger partial charge in [-0.15, -0.1) is 0 Å². The van der Waals surface area contributed by atoms with Gasteiger partial charge in [-0.1, -0.05) is 6.07 Å². The maximum Gasteiger partial charge on any atom is 0.272 e. The van der Waals surface area contributed by atoms with Gasteiger partial charge in [0.05, 0.1) is 0 Å². The van der Waals surface area contributed by atoms with Gasteiger partial charge >= 0.3 is 0 Å². The van der Waals surface area contributed by atoms with E-state index in [1.54, 1.807) is 0 Å². The van der Waals surface area contributed by atoms with Crippen LogP contribution in [0.2, 0.25) is 0 Å². The van der Waals surface area contributed by atoms with E-state index in [0.717, 1.165) is 0 Å². The Balaban J connectivity index is 2.80. The molecular weight excluding hydrogens is 195 g/mol. The molecule has 14 heavy (non-hydrogen) atoms. The van der Waals surface area contributed by atoms with Crippen LogP contribution in [0, 0.1) is 5.82 Å². The number of halogens is 3. The summed E-state index contributed by atoms with van der Waals surface area (Å²) >= 11 is 0. The van der Waals surface area contributed by atoms with Crippen molar-refractivity contribution in [1.29, 1.82) is 0 Å². The second-order valence-electron chi connectivity index (χ2n) is 2.62. The van der Waals surface area contributed by atoms with Crippen LogP contribution in [0.4, 0.5) is 13.2 Å². The number of alkyl halides is 2. The first kappa shape index (κ1) is 10.8. The Labute approximate surface area is 79.5 Å². The molecule has 0 fully saturated rings. The van der Waals surface area contributed by atoms with Crippen LogP contribution >= 0.6 is 0 Å². The van der Waals surface area contributed by atoms with E-state index in [1.807, 2.05) is 0 Å². The zero-order valence-electron chi connectivity index (χ0n) is 7.34. The summed E-state index contributed by atoms with van der Waals surface area (Å²) in [5, 5.41) is 0. The normalized spacial score (nSPS) is 10.6. The van der Waals surface area contributed by atoms with Gasteiger partial charge in [0.1, 0.15) is 18.2 Å². The molecular formula is C9H10F3NO. The standard InChI is InChI=1S/C9H10F3NO/c10-7-2-1-3-8(6(7)4-13)14-5-9(11)12/h1-3,9H,4-5,13H2. The third-order valence-electron chi connectivity index (χ3n) is 1.64. The van der Waals surface area contributed by atoms with Crippen LogP contribution in [0.5, 0.6) is 5.75 Å². The number of hydrogen-bond donors (Lipinski definition) is 1. The minimum absolute atomic E-state index is 0.0767. The molecule has 0 aromatic heterocycles. The van der Waals surface area contributed by atoms with E-state index in [2.05, 4.69) is 0 Å². The molecule has 2 nitrogen and oxygen atoms in total. The lowest BCUT2D eigenvalue weighted by Crippen LogP contribution is -2.10. The highest BCUT2D eigenvalue weighted by Gasteiger charge is 2.10. The van der Waals surface area contributed by atoms with Crippen LogP contribution in [0.25, 0.3) is 0 Å². The topological polar surface area (TPSA) is 35.2 Å². The van der Waals surface area contributed by atoms with Gasteiger partial charge in [0.2, 0.25) is 0 Å². The fourth-order valence-corrected chi connectivity index (χ4v) is 1.02. The molecule has 1 rings (SSSR count). The summed E-state index contributed by atoms with van der Waals surface area (Å²) in [6.07, 6.45) is -2.58. The highest BCUT2D eigenvalue weighted by atomic mass is 19.3. The first-order valence-electron chi connectivity index (χ1n) is 4.03. The third-order valence-corrected chi connectivity index (χ3v) is 1.64. The van der Waals surface area contributed by atoms with Gasteiger partial charge in [-0.3, -0.25) is 0 Å². The average Bonchev–Trinajstić information content (AvgIpc) is 2.14. The lowest BCUT2D eigenvalue weighted by molar-refractivity contribution is 0.0812. The molecule has 1 aromatic carbocycles. The van der Waals surface area contributed by atoms with E-state index in [4.69, 9.17) is 10.5 Å². The van der Waals surface area contributed by atoms with Crippen LogP contribution in [-0.2, 0) is 6.54 Å². The maximum absolute atomic E-state index is 13.0. The van der Waals surface area contributed by atoms with E-state index in [1.165, 1.54) is 18.2 Å². The molecule has 0 saturated carbocycles. The Kier molecular flexibility index (Phi) is 3.76. The molecule has 0 aliphatic carbocycles. The second kappa shape index (κ2) is 4.85. The first-order chi connectivity index (χ1) is 6.65. The zero-order valence-corrected chi connectivity index (χ0v) is 7.34. The van der Waals surface area contributed by atoms with Crippen LogP contribution in [0.1, 0.15) is 5.56 Å². The summed E-state index contributed by atoms with van der Waals surface area (Å²) in [6, 6.07) is 4.00. The molecule has 1 aromatic rings. The van der Waals surface area contributed by atoms with Crippen molar-refractivity contribution in [3.8, 4) is 5.75 Å². The molecule has 0 unspecified atom stereocenters. The van der Waals surface area contributed by atoms with Crippen LogP contribution in [0.15, 0.2) is 18.2 Å². The van der Waals surface area contributed by atoms with Crippen molar-refractivity contribution in [2.24, 2.45) is 5.73 Å². The number of rotatable bonds is 4. The van der Waals surface area contributed by atoms with Crippen LogP contribution in [-0.4, -0.2) is 13.0 Å². The minimum atomic E-state index is -2.58. The van der Waals surface area contributed by atoms with E-state index in [0.29, 0.717) is 0 Å². The average molecular weight is 205 g/mol. The number of ether oxygens (including phenoxy) is 1. The molecule has 0 aliphatic rings. The Morgan fingerprint density at radius 1 is 1.36 bits per heavy atom. The molecule has 0 spiro atoms. The Morgan fingerprint density at radius 3 is 2.64 bits per heavy atom. The van der Waals surface area contributed by atoms with Gasteiger partial charge in [0.15, 0.2) is 0 Å². The molecule has 78 valence electrons. The van der Waals surface area contributed by atoms with Crippen molar-refractivity contribution >= 4 is 0 Å². The van der Waals surface area contributed by atoms with Crippen molar-refractivity contribution in [2.45, 2.75) is 13.0 Å². The molecule has 0 atom stereocenters. The molecule has 0 aliphatic heterocycles. The van der Waals surface area contributed by atoms with E-state index in [-0.39, 0.29) is 17.9 Å². The van der Waals surface area contributed by atoms with Crippen LogP contribution in [0.3, 0.4) is 0 Å². The van der Waals surface area contributed by atoms with E-state index >= 15 is 0 Å². The summed E-state index contributed by atoms with van der Waals surface area (Å²) in [4.78, 5) is 0. The van der Waals surface area contributed by atoms with Crippen molar-refractivity contribution in [3.63, 3.8) is 0 Å². The van der Waals surface area contributed by atoms with Gasteiger partial charge in [-0.2, -0.15) is 0 Å². The molecule has 0 bridgehead atoms. The highest BCUT2D eigenvalue weighted by Crippen LogP contribution is 2.21. The summed E-state index contributed by atoms with van der Waals surface area (Å²) in [7, 11) is 0. The largest absolute Gasteiger partial charge is 0.487 e. The number of hydrogen-bond acceptors (Lipinski definition) is 2. The van der Waals surface area contributed by atoms with E-state index < -0.39 is 18.8 Å². The summed E-state index contributed by atoms with van der Waals surface area (Å²) < 4.78 is 41.3. The lowest BCUT2D eigenvalue weighted by Gasteiger charge is -2.10. The Hall–Kier alpha value is -1.23. The fraction of sp³-hybridized carbons (Fsp3) is 0.333. The molecule has 5 heteroatoms. The van der Waals surface area contributed by atoms with E-state index in [9.17, 15) is 13.2 Å². The summed E-state index contributed by atoms with van der Waals surface area (Å²) in [6.45, 7) is -0.832. The monoisotopic (exact) mass is 205 g/mol. The predicted octanol–water partition coefficient (Wildman–Crippen LogP) is 1.93. The molecule has 0 saturated heterocycles. The van der Waals surface area contributed by atoms with Crippen molar-refractivity contribution in [3.05, 3.63) is 29.6 Å². The summed E-state index contributed by atoms with van der Waals surface area (Å²) in [5.41, 5.74) is 5.37. The van der Waals surface area contributed by atoms with Crippen molar-refractivity contribution in [1.82, 2.24) is 0 Å². The number of benzene rings is 1. The maximum atomic E-state index is 13.0.